The fraction of sp³-hybridized carbons (Fsp3) is 0.704. The lowest BCUT2D eigenvalue weighted by atomic mass is 9.46. The SMILES string of the molecule is CCC(=O)O[C@]1(C(=O)OC(=S)N(C)C)[C@H](C)C[C@H]2[C@@H]3C[C@H](F)C4=CC(=O)C=C[C@]4(C)[C@@]34O[C@H]4C[C@@]21C. The summed E-state index contributed by atoms with van der Waals surface area (Å²) in [6, 6.07) is 0. The Morgan fingerprint density at radius 2 is 1.94 bits per heavy atom. The summed E-state index contributed by atoms with van der Waals surface area (Å²) in [5, 5.41) is -0.0141. The maximum atomic E-state index is 15.7. The van der Waals surface area contributed by atoms with Crippen LogP contribution in [0.3, 0.4) is 0 Å². The molecular weight excluding hydrogens is 485 g/mol. The van der Waals surface area contributed by atoms with Crippen LogP contribution in [0.4, 0.5) is 4.39 Å². The molecule has 196 valence electrons. The summed E-state index contributed by atoms with van der Waals surface area (Å²) in [5.74, 6) is -2.16. The van der Waals surface area contributed by atoms with E-state index in [0.29, 0.717) is 18.4 Å². The topological polar surface area (TPSA) is 85.4 Å². The van der Waals surface area contributed by atoms with E-state index < -0.39 is 40.1 Å². The van der Waals surface area contributed by atoms with Crippen molar-refractivity contribution < 1.29 is 33.0 Å². The van der Waals surface area contributed by atoms with Crippen molar-refractivity contribution in [3.8, 4) is 0 Å². The van der Waals surface area contributed by atoms with Crippen LogP contribution < -0.4 is 0 Å². The molecule has 1 saturated heterocycles. The fourth-order valence-electron chi connectivity index (χ4n) is 8.15. The van der Waals surface area contributed by atoms with Gasteiger partial charge in [0, 0.05) is 37.3 Å². The number of halogens is 1. The highest BCUT2D eigenvalue weighted by Gasteiger charge is 2.84. The molecule has 3 saturated carbocycles. The molecule has 7 nitrogen and oxygen atoms in total. The zero-order chi connectivity index (χ0) is 26.4. The second-order valence-corrected chi connectivity index (χ2v) is 12.1. The number of esters is 2. The lowest BCUT2D eigenvalue weighted by Gasteiger charge is -2.56. The summed E-state index contributed by atoms with van der Waals surface area (Å²) >= 11 is 5.26. The standard InChI is InChI=1S/C27H34FNO6S/c1-7-21(31)35-26(22(32)33-23(36)29(5)6)14(2)10-16-17-12-19(28)18-11-15(30)8-9-24(18,3)27(17)20(34-27)13-25(16,26)4/h8-9,11,14,16-17,19-20H,7,10,12-13H2,1-6H3/t14-,16+,17+,19+,20+,24+,25+,26+,27-/m1/s1. The van der Waals surface area contributed by atoms with Gasteiger partial charge in [0.2, 0.25) is 5.60 Å². The lowest BCUT2D eigenvalue weighted by Crippen LogP contribution is -2.64. The van der Waals surface area contributed by atoms with Gasteiger partial charge in [0.1, 0.15) is 11.8 Å². The predicted octanol–water partition coefficient (Wildman–Crippen LogP) is 3.70. The van der Waals surface area contributed by atoms with Crippen LogP contribution in [0.15, 0.2) is 23.8 Å². The molecule has 1 spiro atoms. The van der Waals surface area contributed by atoms with Gasteiger partial charge in [-0.25, -0.2) is 9.18 Å². The van der Waals surface area contributed by atoms with Gasteiger partial charge in [-0.15, -0.1) is 0 Å². The molecule has 5 rings (SSSR count). The molecule has 36 heavy (non-hydrogen) atoms. The smallest absolute Gasteiger partial charge is 0.358 e. The third-order valence-corrected chi connectivity index (χ3v) is 10.3. The monoisotopic (exact) mass is 519 g/mol. The van der Waals surface area contributed by atoms with Crippen molar-refractivity contribution in [1.82, 2.24) is 4.90 Å². The van der Waals surface area contributed by atoms with Crippen molar-refractivity contribution in [2.45, 2.75) is 76.9 Å². The number of hydrogen-bond donors (Lipinski definition) is 0. The first-order valence-electron chi connectivity index (χ1n) is 12.7. The molecule has 0 radical (unpaired) electrons. The number of rotatable bonds is 3. The van der Waals surface area contributed by atoms with Gasteiger partial charge in [-0.05, 0) is 68.0 Å². The van der Waals surface area contributed by atoms with E-state index in [1.165, 1.54) is 17.1 Å². The molecule has 1 heterocycles. The van der Waals surface area contributed by atoms with Gasteiger partial charge in [0.05, 0.1) is 6.10 Å². The minimum atomic E-state index is -1.58. The minimum absolute atomic E-state index is 0.0141. The summed E-state index contributed by atoms with van der Waals surface area (Å²) in [5.41, 5.74) is -3.36. The number of allylic oxidation sites excluding steroid dienone is 2. The second kappa shape index (κ2) is 7.93. The van der Waals surface area contributed by atoms with Crippen LogP contribution in [0.1, 0.15) is 53.4 Å². The van der Waals surface area contributed by atoms with Crippen molar-refractivity contribution in [3.63, 3.8) is 0 Å². The number of carbonyl (C=O) groups is 3. The van der Waals surface area contributed by atoms with Crippen LogP contribution in [0.5, 0.6) is 0 Å². The number of carbonyl (C=O) groups excluding carboxylic acids is 3. The molecule has 4 aliphatic carbocycles. The van der Waals surface area contributed by atoms with Crippen molar-refractivity contribution in [3.05, 3.63) is 23.8 Å². The van der Waals surface area contributed by atoms with Crippen LogP contribution in [0.2, 0.25) is 0 Å². The maximum Gasteiger partial charge on any atom is 0.358 e. The van der Waals surface area contributed by atoms with Crippen LogP contribution in [-0.2, 0) is 28.6 Å². The number of thiocarbonyl (C=S) groups is 1. The Morgan fingerprint density at radius 1 is 1.25 bits per heavy atom. The zero-order valence-electron chi connectivity index (χ0n) is 21.6. The molecule has 0 aromatic carbocycles. The molecule has 5 aliphatic rings. The summed E-state index contributed by atoms with van der Waals surface area (Å²) in [6.45, 7) is 7.49. The molecule has 0 aromatic heterocycles. The van der Waals surface area contributed by atoms with Crippen LogP contribution >= 0.6 is 12.2 Å². The average molecular weight is 520 g/mol. The number of hydrogen-bond acceptors (Lipinski definition) is 7. The van der Waals surface area contributed by atoms with Crippen LogP contribution in [0.25, 0.3) is 0 Å². The normalized spacial score (nSPS) is 45.9. The van der Waals surface area contributed by atoms with Gasteiger partial charge in [-0.2, -0.15) is 0 Å². The molecule has 0 aromatic rings. The fourth-order valence-corrected chi connectivity index (χ4v) is 8.23. The van der Waals surface area contributed by atoms with Gasteiger partial charge in [0.15, 0.2) is 5.78 Å². The number of fused-ring (bicyclic) bond motifs is 3. The number of alkyl halides is 1. The highest BCUT2D eigenvalue weighted by molar-refractivity contribution is 7.80. The van der Waals surface area contributed by atoms with Crippen molar-refractivity contribution in [2.24, 2.45) is 28.6 Å². The van der Waals surface area contributed by atoms with E-state index >= 15 is 4.39 Å². The Hall–Kier alpha value is -2.13. The number of ketones is 1. The van der Waals surface area contributed by atoms with E-state index in [1.807, 2.05) is 20.8 Å². The minimum Gasteiger partial charge on any atom is -0.446 e. The lowest BCUT2D eigenvalue weighted by molar-refractivity contribution is -0.203. The van der Waals surface area contributed by atoms with E-state index in [9.17, 15) is 14.4 Å². The summed E-state index contributed by atoms with van der Waals surface area (Å²) in [4.78, 5) is 40.2. The molecule has 9 heteroatoms. The van der Waals surface area contributed by atoms with E-state index in [4.69, 9.17) is 26.4 Å². The Labute approximate surface area is 216 Å². The highest BCUT2D eigenvalue weighted by atomic mass is 32.1. The van der Waals surface area contributed by atoms with Gasteiger partial charge >= 0.3 is 11.9 Å². The number of ether oxygens (including phenoxy) is 3. The Bertz CT molecular complexity index is 1120. The third kappa shape index (κ3) is 2.98. The Kier molecular flexibility index (Phi) is 5.62. The molecule has 9 atom stereocenters. The molecule has 0 unspecified atom stereocenters. The predicted molar refractivity (Wildman–Crippen MR) is 132 cm³/mol. The average Bonchev–Trinajstić information content (AvgIpc) is 3.49. The zero-order valence-corrected chi connectivity index (χ0v) is 22.4. The molecule has 0 amide bonds. The highest BCUT2D eigenvalue weighted by Crippen LogP contribution is 2.77. The van der Waals surface area contributed by atoms with Crippen molar-refractivity contribution in [1.29, 1.82) is 0 Å². The largest absolute Gasteiger partial charge is 0.446 e. The molecular formula is C27H34FNO6S. The summed E-state index contributed by atoms with van der Waals surface area (Å²) in [6.07, 6.45) is 4.44. The van der Waals surface area contributed by atoms with Gasteiger partial charge in [0.25, 0.3) is 5.17 Å². The van der Waals surface area contributed by atoms with E-state index in [-0.39, 0.29) is 47.7 Å². The third-order valence-electron chi connectivity index (χ3n) is 9.87. The quantitative estimate of drug-likeness (QED) is 0.317. The number of nitrogens with zero attached hydrogens (tertiary/aromatic N) is 1. The van der Waals surface area contributed by atoms with E-state index in [1.54, 1.807) is 27.1 Å². The van der Waals surface area contributed by atoms with Crippen LogP contribution in [0, 0.1) is 28.6 Å². The molecule has 0 bridgehead atoms. The Morgan fingerprint density at radius 3 is 2.58 bits per heavy atom. The summed E-state index contributed by atoms with van der Waals surface area (Å²) in [7, 11) is 3.35. The molecule has 0 N–H and O–H groups in total. The maximum absolute atomic E-state index is 15.7. The van der Waals surface area contributed by atoms with Gasteiger partial charge < -0.3 is 19.1 Å². The molecule has 1 aliphatic heterocycles. The van der Waals surface area contributed by atoms with Crippen LogP contribution in [-0.4, -0.2) is 65.4 Å². The number of epoxide rings is 1. The second-order valence-electron chi connectivity index (χ2n) is 11.7. The van der Waals surface area contributed by atoms with Crippen molar-refractivity contribution >= 4 is 35.1 Å². The van der Waals surface area contributed by atoms with Crippen molar-refractivity contribution in [2.75, 3.05) is 14.1 Å². The first-order chi connectivity index (χ1) is 16.8. The van der Waals surface area contributed by atoms with Gasteiger partial charge in [-0.1, -0.05) is 26.8 Å². The molecule has 4 fully saturated rings. The van der Waals surface area contributed by atoms with E-state index in [2.05, 4.69) is 0 Å². The van der Waals surface area contributed by atoms with Gasteiger partial charge in [-0.3, -0.25) is 9.59 Å². The summed E-state index contributed by atoms with van der Waals surface area (Å²) < 4.78 is 33.9. The Balaban J connectivity index is 1.60. The first kappa shape index (κ1) is 25.5. The van der Waals surface area contributed by atoms with E-state index in [0.717, 1.165) is 0 Å². The first-order valence-corrected chi connectivity index (χ1v) is 13.1.